The van der Waals surface area contributed by atoms with Crippen molar-refractivity contribution in [2.75, 3.05) is 13.9 Å². The van der Waals surface area contributed by atoms with Crippen LogP contribution in [0.4, 0.5) is 4.39 Å². The van der Waals surface area contributed by atoms with Gasteiger partial charge in [0.2, 0.25) is 0 Å². The van der Waals surface area contributed by atoms with Crippen molar-refractivity contribution in [1.29, 1.82) is 5.26 Å². The van der Waals surface area contributed by atoms with Gasteiger partial charge in [0.25, 0.3) is 0 Å². The highest BCUT2D eigenvalue weighted by Crippen LogP contribution is 2.15. The third-order valence-electron chi connectivity index (χ3n) is 1.54. The van der Waals surface area contributed by atoms with Crippen molar-refractivity contribution >= 4 is 0 Å². The van der Waals surface area contributed by atoms with Gasteiger partial charge >= 0.3 is 0 Å². The van der Waals surface area contributed by atoms with E-state index in [1.54, 1.807) is 12.1 Å². The highest BCUT2D eigenvalue weighted by atomic mass is 19.1. The molecule has 0 aliphatic rings. The Kier molecular flexibility index (Phi) is 4.15. The Balaban J connectivity index is 2.84. The first-order chi connectivity index (χ1) is 7.27. The first-order valence-corrected chi connectivity index (χ1v) is 4.09. The van der Waals surface area contributed by atoms with E-state index < -0.39 is 5.82 Å². The molecule has 1 rings (SSSR count). The number of hydrogen-bond donors (Lipinski definition) is 0. The summed E-state index contributed by atoms with van der Waals surface area (Å²) in [5.41, 5.74) is 0.168. The molecule has 76 valence electrons. The van der Waals surface area contributed by atoms with Crippen molar-refractivity contribution in [1.82, 2.24) is 0 Å². The van der Waals surface area contributed by atoms with Gasteiger partial charge in [-0.2, -0.15) is 5.26 Å². The van der Waals surface area contributed by atoms with Gasteiger partial charge in [-0.05, 0) is 18.1 Å². The molecule has 15 heavy (non-hydrogen) atoms. The Labute approximate surface area is 87.0 Å². The number of nitrogens with zero attached hydrogens (tertiary/aromatic N) is 1. The second kappa shape index (κ2) is 5.64. The number of methoxy groups -OCH3 is 1. The average Bonchev–Trinajstić information content (AvgIpc) is 2.25. The number of hydrogen-bond acceptors (Lipinski definition) is 3. The number of benzene rings is 1. The van der Waals surface area contributed by atoms with E-state index in [1.807, 2.05) is 0 Å². The van der Waals surface area contributed by atoms with Crippen molar-refractivity contribution < 1.29 is 13.9 Å². The quantitative estimate of drug-likeness (QED) is 0.557. The van der Waals surface area contributed by atoms with Crippen molar-refractivity contribution in [3.05, 3.63) is 29.6 Å². The lowest BCUT2D eigenvalue weighted by Crippen LogP contribution is -1.99. The van der Waals surface area contributed by atoms with Gasteiger partial charge < -0.3 is 9.47 Å². The van der Waals surface area contributed by atoms with Crippen LogP contribution in [-0.2, 0) is 4.74 Å². The lowest BCUT2D eigenvalue weighted by atomic mass is 10.2. The molecule has 1 aromatic carbocycles. The van der Waals surface area contributed by atoms with Crippen LogP contribution >= 0.6 is 0 Å². The summed E-state index contributed by atoms with van der Waals surface area (Å²) in [7, 11) is 1.48. The largest absolute Gasteiger partial charge is 0.467 e. The summed E-state index contributed by atoms with van der Waals surface area (Å²) in [4.78, 5) is 0. The molecule has 0 saturated heterocycles. The van der Waals surface area contributed by atoms with Crippen LogP contribution in [0.3, 0.4) is 0 Å². The topological polar surface area (TPSA) is 42.2 Å². The number of nitriles is 1. The Morgan fingerprint density at radius 3 is 2.87 bits per heavy atom. The monoisotopic (exact) mass is 205 g/mol. The van der Waals surface area contributed by atoms with Crippen LogP contribution < -0.4 is 4.74 Å². The van der Waals surface area contributed by atoms with Crippen LogP contribution in [0.1, 0.15) is 5.56 Å². The zero-order chi connectivity index (χ0) is 11.1. The minimum atomic E-state index is -0.522. The lowest BCUT2D eigenvalue weighted by Gasteiger charge is -2.04. The first kappa shape index (κ1) is 11.0. The molecule has 0 amide bonds. The molecule has 3 nitrogen and oxygen atoms in total. The smallest absolute Gasteiger partial charge is 0.188 e. The minimum absolute atomic E-state index is 0.0582. The van der Waals surface area contributed by atoms with E-state index in [0.29, 0.717) is 5.75 Å². The summed E-state index contributed by atoms with van der Waals surface area (Å²) in [6.45, 7) is 0.0582. The summed E-state index contributed by atoms with van der Waals surface area (Å²) < 4.78 is 23.0. The Morgan fingerprint density at radius 1 is 1.47 bits per heavy atom. The highest BCUT2D eigenvalue weighted by Gasteiger charge is 2.01. The summed E-state index contributed by atoms with van der Waals surface area (Å²) >= 11 is 0. The Bertz CT molecular complexity index is 440. The van der Waals surface area contributed by atoms with Crippen molar-refractivity contribution in [3.8, 4) is 23.7 Å². The molecule has 0 bridgehead atoms. The van der Waals surface area contributed by atoms with E-state index in [1.165, 1.54) is 19.2 Å². The fraction of sp³-hybridized carbons (Fsp3) is 0.182. The van der Waals surface area contributed by atoms with E-state index in [2.05, 4.69) is 16.6 Å². The standard InChI is InChI=1S/C11H8FNO2/c1-14-8-15-10-5-4-9(3-2-6-13)11(12)7-10/h4-5,7H,8H2,1H3. The predicted molar refractivity (Wildman–Crippen MR) is 51.4 cm³/mol. The highest BCUT2D eigenvalue weighted by molar-refractivity contribution is 5.41. The molecule has 0 saturated carbocycles. The third-order valence-corrected chi connectivity index (χ3v) is 1.54. The summed E-state index contributed by atoms with van der Waals surface area (Å²) in [6.07, 6.45) is 0. The molecule has 0 aliphatic heterocycles. The van der Waals surface area contributed by atoms with Gasteiger partial charge in [0.15, 0.2) is 12.9 Å². The summed E-state index contributed by atoms with van der Waals surface area (Å²) in [5.74, 6) is 4.33. The molecule has 0 heterocycles. The van der Waals surface area contributed by atoms with Crippen LogP contribution in [0.2, 0.25) is 0 Å². The number of ether oxygens (including phenoxy) is 2. The van der Waals surface area contributed by atoms with Gasteiger partial charge in [-0.25, -0.2) is 4.39 Å². The maximum atomic E-state index is 13.3. The zero-order valence-electron chi connectivity index (χ0n) is 8.08. The molecule has 0 spiro atoms. The van der Waals surface area contributed by atoms with Crippen LogP contribution in [0.5, 0.6) is 5.75 Å². The lowest BCUT2D eigenvalue weighted by molar-refractivity contribution is 0.0509. The molecular formula is C11H8FNO2. The minimum Gasteiger partial charge on any atom is -0.467 e. The second-order valence-electron chi connectivity index (χ2n) is 2.55. The average molecular weight is 205 g/mol. The molecule has 0 aromatic heterocycles. The molecule has 0 fully saturated rings. The van der Waals surface area contributed by atoms with Gasteiger partial charge in [0, 0.05) is 19.1 Å². The maximum Gasteiger partial charge on any atom is 0.188 e. The molecule has 1 aromatic rings. The van der Waals surface area contributed by atoms with E-state index >= 15 is 0 Å². The van der Waals surface area contributed by atoms with Gasteiger partial charge in [-0.3, -0.25) is 0 Å². The van der Waals surface area contributed by atoms with E-state index in [-0.39, 0.29) is 12.4 Å². The fourth-order valence-electron chi connectivity index (χ4n) is 0.909. The van der Waals surface area contributed by atoms with Crippen molar-refractivity contribution in [2.24, 2.45) is 0 Å². The number of rotatable bonds is 3. The normalized spacial score (nSPS) is 8.60. The van der Waals surface area contributed by atoms with Crippen LogP contribution in [0, 0.1) is 29.0 Å². The number of halogens is 1. The molecule has 0 unspecified atom stereocenters. The molecular weight excluding hydrogens is 197 g/mol. The van der Waals surface area contributed by atoms with Crippen molar-refractivity contribution in [2.45, 2.75) is 0 Å². The van der Waals surface area contributed by atoms with Crippen LogP contribution in [0.25, 0.3) is 0 Å². The molecule has 0 N–H and O–H groups in total. The third kappa shape index (κ3) is 3.30. The summed E-state index contributed by atoms with van der Waals surface area (Å²) in [5, 5.41) is 8.20. The second-order valence-corrected chi connectivity index (χ2v) is 2.55. The molecule has 0 aliphatic carbocycles. The Morgan fingerprint density at radius 2 is 2.27 bits per heavy atom. The van der Waals surface area contributed by atoms with E-state index in [4.69, 9.17) is 10.00 Å². The van der Waals surface area contributed by atoms with E-state index in [0.717, 1.165) is 0 Å². The summed E-state index contributed by atoms with van der Waals surface area (Å²) in [6, 6.07) is 5.82. The SMILES string of the molecule is COCOc1ccc(C#CC#N)c(F)c1. The molecule has 0 atom stereocenters. The predicted octanol–water partition coefficient (Wildman–Crippen LogP) is 1.68. The van der Waals surface area contributed by atoms with Crippen LogP contribution in [0.15, 0.2) is 18.2 Å². The van der Waals surface area contributed by atoms with Gasteiger partial charge in [-0.1, -0.05) is 0 Å². The van der Waals surface area contributed by atoms with Gasteiger partial charge in [0.1, 0.15) is 11.6 Å². The van der Waals surface area contributed by atoms with Crippen LogP contribution in [-0.4, -0.2) is 13.9 Å². The van der Waals surface area contributed by atoms with Gasteiger partial charge in [0.05, 0.1) is 5.56 Å². The van der Waals surface area contributed by atoms with E-state index in [9.17, 15) is 4.39 Å². The first-order valence-electron chi connectivity index (χ1n) is 4.09. The fourth-order valence-corrected chi connectivity index (χ4v) is 0.909. The van der Waals surface area contributed by atoms with Gasteiger partial charge in [-0.15, -0.1) is 0 Å². The zero-order valence-corrected chi connectivity index (χ0v) is 8.08. The Hall–Kier alpha value is -2.04. The molecule has 0 radical (unpaired) electrons. The molecule has 4 heteroatoms. The maximum absolute atomic E-state index is 13.3. The van der Waals surface area contributed by atoms with Crippen molar-refractivity contribution in [3.63, 3.8) is 0 Å².